The number of amides is 2. The molecular formula is C23H26N2O3. The maximum absolute atomic E-state index is 12.9. The van der Waals surface area contributed by atoms with Crippen LogP contribution >= 0.6 is 0 Å². The van der Waals surface area contributed by atoms with Crippen LogP contribution in [-0.2, 0) is 16.1 Å². The zero-order valence-corrected chi connectivity index (χ0v) is 16.8. The van der Waals surface area contributed by atoms with Crippen molar-refractivity contribution in [2.45, 2.75) is 33.4 Å². The maximum atomic E-state index is 12.9. The number of nitrogens with zero attached hydrogens (tertiary/aromatic N) is 2. The van der Waals surface area contributed by atoms with Crippen molar-refractivity contribution in [1.82, 2.24) is 9.80 Å². The predicted octanol–water partition coefficient (Wildman–Crippen LogP) is 3.71. The van der Waals surface area contributed by atoms with Gasteiger partial charge in [-0.25, -0.2) is 0 Å². The van der Waals surface area contributed by atoms with E-state index < -0.39 is 0 Å². The van der Waals surface area contributed by atoms with Gasteiger partial charge in [0, 0.05) is 20.1 Å². The Kier molecular flexibility index (Phi) is 5.83. The summed E-state index contributed by atoms with van der Waals surface area (Å²) in [7, 11) is 1.53. The van der Waals surface area contributed by atoms with Gasteiger partial charge in [-0.3, -0.25) is 14.5 Å². The molecule has 0 fully saturated rings. The largest absolute Gasteiger partial charge is 0.491 e. The van der Waals surface area contributed by atoms with Gasteiger partial charge >= 0.3 is 0 Å². The van der Waals surface area contributed by atoms with E-state index >= 15 is 0 Å². The summed E-state index contributed by atoms with van der Waals surface area (Å²) in [5, 5.41) is 0. The minimum atomic E-state index is -0.274. The minimum Gasteiger partial charge on any atom is -0.491 e. The SMILES string of the molecule is CCN(Cc1ccccc1)C1=C(c2ccc(OC(C)C)cc2)C(=O)N(C)C1=O. The number of carbonyl (C=O) groups is 2. The number of carbonyl (C=O) groups excluding carboxylic acids is 2. The van der Waals surface area contributed by atoms with E-state index in [9.17, 15) is 9.59 Å². The summed E-state index contributed by atoms with van der Waals surface area (Å²) in [5.74, 6) is 0.201. The van der Waals surface area contributed by atoms with E-state index in [1.807, 2.05) is 80.3 Å². The van der Waals surface area contributed by atoms with Gasteiger partial charge in [0.15, 0.2) is 0 Å². The molecule has 28 heavy (non-hydrogen) atoms. The third-order valence-electron chi connectivity index (χ3n) is 4.69. The molecule has 1 aliphatic rings. The highest BCUT2D eigenvalue weighted by Crippen LogP contribution is 2.32. The lowest BCUT2D eigenvalue weighted by molar-refractivity contribution is -0.135. The monoisotopic (exact) mass is 378 g/mol. The summed E-state index contributed by atoms with van der Waals surface area (Å²) in [4.78, 5) is 28.9. The van der Waals surface area contributed by atoms with Gasteiger partial charge in [-0.05, 0) is 44.0 Å². The smallest absolute Gasteiger partial charge is 0.277 e. The van der Waals surface area contributed by atoms with Crippen molar-refractivity contribution in [2.24, 2.45) is 0 Å². The molecule has 146 valence electrons. The first-order chi connectivity index (χ1) is 13.4. The van der Waals surface area contributed by atoms with Crippen molar-refractivity contribution >= 4 is 17.4 Å². The first-order valence-electron chi connectivity index (χ1n) is 9.55. The van der Waals surface area contributed by atoms with E-state index in [0.717, 1.165) is 16.9 Å². The summed E-state index contributed by atoms with van der Waals surface area (Å²) in [6.45, 7) is 7.10. The predicted molar refractivity (Wildman–Crippen MR) is 109 cm³/mol. The highest BCUT2D eigenvalue weighted by Gasteiger charge is 2.39. The van der Waals surface area contributed by atoms with E-state index in [2.05, 4.69) is 0 Å². The lowest BCUT2D eigenvalue weighted by Gasteiger charge is -2.24. The fourth-order valence-corrected chi connectivity index (χ4v) is 3.31. The second-order valence-electron chi connectivity index (χ2n) is 7.08. The van der Waals surface area contributed by atoms with Crippen molar-refractivity contribution < 1.29 is 14.3 Å². The van der Waals surface area contributed by atoms with Crippen LogP contribution in [0.2, 0.25) is 0 Å². The number of likely N-dealkylation sites (N-methyl/N-ethyl adjacent to an activating group) is 2. The average molecular weight is 378 g/mol. The van der Waals surface area contributed by atoms with Crippen LogP contribution in [0, 0.1) is 0 Å². The Labute approximate surface area is 166 Å². The molecule has 0 spiro atoms. The van der Waals surface area contributed by atoms with Crippen molar-refractivity contribution in [2.75, 3.05) is 13.6 Å². The lowest BCUT2D eigenvalue weighted by atomic mass is 10.0. The molecule has 0 atom stereocenters. The van der Waals surface area contributed by atoms with Crippen molar-refractivity contribution in [3.63, 3.8) is 0 Å². The number of hydrogen-bond donors (Lipinski definition) is 0. The molecule has 2 aromatic carbocycles. The quantitative estimate of drug-likeness (QED) is 0.689. The zero-order chi connectivity index (χ0) is 20.3. The molecule has 0 radical (unpaired) electrons. The van der Waals surface area contributed by atoms with Gasteiger partial charge in [-0.1, -0.05) is 42.5 Å². The second kappa shape index (κ2) is 8.30. The molecule has 0 N–H and O–H groups in total. The summed E-state index contributed by atoms with van der Waals surface area (Å²) < 4.78 is 5.69. The van der Waals surface area contributed by atoms with E-state index in [-0.39, 0.29) is 17.9 Å². The Bertz CT molecular complexity index is 886. The molecule has 0 saturated heterocycles. The number of ether oxygens (including phenoxy) is 1. The summed E-state index contributed by atoms with van der Waals surface area (Å²) in [5.41, 5.74) is 2.71. The molecule has 0 bridgehead atoms. The zero-order valence-electron chi connectivity index (χ0n) is 16.8. The fourth-order valence-electron chi connectivity index (χ4n) is 3.31. The van der Waals surface area contributed by atoms with Crippen LogP contribution in [0.4, 0.5) is 0 Å². The highest BCUT2D eigenvalue weighted by atomic mass is 16.5. The van der Waals surface area contributed by atoms with Gasteiger partial charge in [0.25, 0.3) is 11.8 Å². The van der Waals surface area contributed by atoms with Gasteiger partial charge in [0.1, 0.15) is 11.4 Å². The van der Waals surface area contributed by atoms with Crippen LogP contribution < -0.4 is 4.74 Å². The summed E-state index contributed by atoms with van der Waals surface area (Å²) in [6.07, 6.45) is 0.0721. The standard InChI is InChI=1S/C23H26N2O3/c1-5-25(15-17-9-7-6-8-10-17)21-20(22(26)24(4)23(21)27)18-11-13-19(14-12-18)28-16(2)3/h6-14,16H,5,15H2,1-4H3. The Morgan fingerprint density at radius 2 is 1.61 bits per heavy atom. The normalized spacial score (nSPS) is 14.2. The highest BCUT2D eigenvalue weighted by molar-refractivity contribution is 6.35. The van der Waals surface area contributed by atoms with E-state index in [1.54, 1.807) is 0 Å². The molecule has 0 aromatic heterocycles. The summed E-state index contributed by atoms with van der Waals surface area (Å²) >= 11 is 0. The second-order valence-corrected chi connectivity index (χ2v) is 7.08. The molecule has 1 aliphatic heterocycles. The van der Waals surface area contributed by atoms with Crippen LogP contribution in [0.5, 0.6) is 5.75 Å². The van der Waals surface area contributed by atoms with Crippen LogP contribution in [0.15, 0.2) is 60.3 Å². The molecule has 0 saturated carbocycles. The first-order valence-corrected chi connectivity index (χ1v) is 9.55. The van der Waals surface area contributed by atoms with Gasteiger partial charge in [0.2, 0.25) is 0 Å². The molecular weight excluding hydrogens is 352 g/mol. The number of imide groups is 1. The molecule has 2 aromatic rings. The van der Waals surface area contributed by atoms with Crippen LogP contribution in [0.1, 0.15) is 31.9 Å². The van der Waals surface area contributed by atoms with Crippen molar-refractivity contribution in [1.29, 1.82) is 0 Å². The topological polar surface area (TPSA) is 49.9 Å². The molecule has 1 heterocycles. The maximum Gasteiger partial charge on any atom is 0.277 e. The molecule has 0 aliphatic carbocycles. The van der Waals surface area contributed by atoms with Crippen LogP contribution in [0.25, 0.3) is 5.57 Å². The third kappa shape index (κ3) is 3.93. The van der Waals surface area contributed by atoms with Gasteiger partial charge in [0.05, 0.1) is 11.7 Å². The average Bonchev–Trinajstić information content (AvgIpc) is 2.91. The van der Waals surface area contributed by atoms with E-state index in [0.29, 0.717) is 24.4 Å². The van der Waals surface area contributed by atoms with Crippen LogP contribution in [-0.4, -0.2) is 41.3 Å². The fraction of sp³-hybridized carbons (Fsp3) is 0.304. The molecule has 5 heteroatoms. The van der Waals surface area contributed by atoms with Gasteiger partial charge < -0.3 is 9.64 Å². The number of hydrogen-bond acceptors (Lipinski definition) is 4. The number of rotatable bonds is 7. The number of benzene rings is 2. The Morgan fingerprint density at radius 3 is 2.18 bits per heavy atom. The Hall–Kier alpha value is -3.08. The Balaban J connectivity index is 2.01. The molecule has 3 rings (SSSR count). The van der Waals surface area contributed by atoms with Gasteiger partial charge in [-0.15, -0.1) is 0 Å². The van der Waals surface area contributed by atoms with Gasteiger partial charge in [-0.2, -0.15) is 0 Å². The van der Waals surface area contributed by atoms with Crippen molar-refractivity contribution in [3.8, 4) is 5.75 Å². The third-order valence-corrected chi connectivity index (χ3v) is 4.69. The molecule has 2 amide bonds. The van der Waals surface area contributed by atoms with Crippen molar-refractivity contribution in [3.05, 3.63) is 71.4 Å². The lowest BCUT2D eigenvalue weighted by Crippen LogP contribution is -2.32. The molecule has 0 unspecified atom stereocenters. The first kappa shape index (κ1) is 19.7. The van der Waals surface area contributed by atoms with E-state index in [1.165, 1.54) is 11.9 Å². The van der Waals surface area contributed by atoms with E-state index in [4.69, 9.17) is 4.74 Å². The van der Waals surface area contributed by atoms with Crippen LogP contribution in [0.3, 0.4) is 0 Å². The Morgan fingerprint density at radius 1 is 0.964 bits per heavy atom. The summed E-state index contributed by atoms with van der Waals surface area (Å²) in [6, 6.07) is 17.3. The molecule has 5 nitrogen and oxygen atoms in total. The minimum absolute atomic E-state index is 0.0721.